The number of hydrogen-bond acceptors (Lipinski definition) is 3. The van der Waals surface area contributed by atoms with E-state index in [1.54, 1.807) is 30.4 Å². The lowest BCUT2D eigenvalue weighted by Gasteiger charge is -2.25. The molecular weight excluding hydrogens is 399 g/mol. The van der Waals surface area contributed by atoms with Crippen LogP contribution in [0.1, 0.15) is 54.8 Å². The highest BCUT2D eigenvalue weighted by atomic mass is 32.1. The molecule has 0 radical (unpaired) electrons. The zero-order chi connectivity index (χ0) is 21.9. The molecule has 0 fully saturated rings. The maximum absolute atomic E-state index is 14.7. The number of aliphatic carboxylic acids is 1. The number of rotatable bonds is 11. The number of thiophene rings is 1. The van der Waals surface area contributed by atoms with Gasteiger partial charge in [0, 0.05) is 34.1 Å². The van der Waals surface area contributed by atoms with Gasteiger partial charge in [-0.05, 0) is 55.3 Å². The van der Waals surface area contributed by atoms with Crippen molar-refractivity contribution in [1.82, 2.24) is 0 Å². The van der Waals surface area contributed by atoms with E-state index in [9.17, 15) is 9.18 Å². The molecule has 6 heteroatoms. The van der Waals surface area contributed by atoms with E-state index in [0.29, 0.717) is 10.4 Å². The van der Waals surface area contributed by atoms with Crippen LogP contribution in [0.15, 0.2) is 36.0 Å². The maximum atomic E-state index is 14.7. The molecule has 0 aliphatic heterocycles. The molecule has 0 aliphatic rings. The van der Waals surface area contributed by atoms with Crippen molar-refractivity contribution in [2.24, 2.45) is 0 Å². The van der Waals surface area contributed by atoms with E-state index in [4.69, 9.17) is 11.7 Å². The van der Waals surface area contributed by atoms with Gasteiger partial charge in [-0.15, -0.1) is 11.3 Å². The Morgan fingerprint density at radius 2 is 1.80 bits per heavy atom. The Labute approximate surface area is 181 Å². The summed E-state index contributed by atoms with van der Waals surface area (Å²) in [5.41, 5.74) is 1.09. The number of nitrogens with zero attached hydrogens (tertiary/aromatic N) is 2. The van der Waals surface area contributed by atoms with Gasteiger partial charge in [-0.2, -0.15) is 0 Å². The normalized spacial score (nSPS) is 11.6. The van der Waals surface area contributed by atoms with Crippen LogP contribution >= 0.6 is 11.3 Å². The number of carbonyl (C=O) groups is 1. The van der Waals surface area contributed by atoms with Crippen molar-refractivity contribution in [3.63, 3.8) is 0 Å². The summed E-state index contributed by atoms with van der Waals surface area (Å²) < 4.78 is 14.7. The van der Waals surface area contributed by atoms with Gasteiger partial charge in [0.2, 0.25) is 0 Å². The first-order valence-corrected chi connectivity index (χ1v) is 10.9. The van der Waals surface area contributed by atoms with Crippen LogP contribution in [0.2, 0.25) is 0 Å². The molecule has 1 aromatic carbocycles. The third kappa shape index (κ3) is 6.85. The Morgan fingerprint density at radius 1 is 1.13 bits per heavy atom. The van der Waals surface area contributed by atoms with Gasteiger partial charge in [0.1, 0.15) is 5.82 Å². The van der Waals surface area contributed by atoms with Crippen molar-refractivity contribution in [2.45, 2.75) is 39.5 Å². The van der Waals surface area contributed by atoms with Crippen molar-refractivity contribution in [3.05, 3.63) is 68.6 Å². The minimum absolute atomic E-state index is 0.264. The van der Waals surface area contributed by atoms with Crippen LogP contribution in [-0.2, 0) is 4.79 Å². The topological polar surface area (TPSA) is 44.9 Å². The number of benzene rings is 1. The molecule has 0 saturated carbocycles. The first-order valence-electron chi connectivity index (χ1n) is 10.1. The maximum Gasteiger partial charge on any atom is 0.333 e. The summed E-state index contributed by atoms with van der Waals surface area (Å²) in [6.07, 6.45) is 9.23. The smallest absolute Gasteiger partial charge is 0.333 e. The average molecular weight is 427 g/mol. The fraction of sp³-hybridized carbons (Fsp3) is 0.333. The van der Waals surface area contributed by atoms with Crippen LogP contribution in [0, 0.1) is 12.4 Å². The summed E-state index contributed by atoms with van der Waals surface area (Å²) in [5.74, 6) is -1.51. The lowest BCUT2D eigenvalue weighted by molar-refractivity contribution is -0.132. The Balaban J connectivity index is 2.15. The molecule has 0 aliphatic carbocycles. The van der Waals surface area contributed by atoms with Gasteiger partial charge < -0.3 is 10.0 Å². The van der Waals surface area contributed by atoms with Crippen molar-refractivity contribution in [1.29, 1.82) is 0 Å². The number of unbranched alkanes of at least 4 members (excludes halogenated alkanes) is 2. The molecule has 1 N–H and O–H groups in total. The number of halogens is 1. The zero-order valence-electron chi connectivity index (χ0n) is 17.4. The predicted octanol–water partition coefficient (Wildman–Crippen LogP) is 6.81. The van der Waals surface area contributed by atoms with Crippen LogP contribution in [0.25, 0.3) is 23.1 Å². The monoisotopic (exact) mass is 426 g/mol. The lowest BCUT2D eigenvalue weighted by Crippen LogP contribution is -2.25. The van der Waals surface area contributed by atoms with Crippen LogP contribution in [0.3, 0.4) is 0 Å². The minimum atomic E-state index is -1.25. The van der Waals surface area contributed by atoms with Gasteiger partial charge in [-0.3, -0.25) is 4.79 Å². The second-order valence-corrected chi connectivity index (χ2v) is 8.07. The van der Waals surface area contributed by atoms with Crippen LogP contribution in [0.4, 0.5) is 10.1 Å². The van der Waals surface area contributed by atoms with Crippen LogP contribution in [0.5, 0.6) is 0 Å². The summed E-state index contributed by atoms with van der Waals surface area (Å²) in [6.45, 7) is 13.1. The van der Waals surface area contributed by atoms with Gasteiger partial charge in [0.15, 0.2) is 0 Å². The molecule has 0 saturated heterocycles. The van der Waals surface area contributed by atoms with Gasteiger partial charge in [-0.25, -0.2) is 9.24 Å². The first-order chi connectivity index (χ1) is 14.5. The molecule has 158 valence electrons. The molecule has 0 amide bonds. The average Bonchev–Trinajstić information content (AvgIpc) is 3.18. The van der Waals surface area contributed by atoms with E-state index in [2.05, 4.69) is 23.6 Å². The van der Waals surface area contributed by atoms with E-state index < -0.39 is 5.97 Å². The molecule has 0 atom stereocenters. The molecule has 0 unspecified atom stereocenters. The molecule has 0 spiro atoms. The Hall–Kier alpha value is -2.91. The molecule has 30 heavy (non-hydrogen) atoms. The molecule has 1 heterocycles. The fourth-order valence-corrected chi connectivity index (χ4v) is 3.75. The van der Waals surface area contributed by atoms with Gasteiger partial charge in [-0.1, -0.05) is 32.8 Å². The summed E-state index contributed by atoms with van der Waals surface area (Å²) in [7, 11) is 0. The SMILES string of the molecule is [C-]#[N+]/C(=C\c1ccc(/C=C/c2ccc(N(CCCC)CCCC)cc2F)s1)C(=O)O. The summed E-state index contributed by atoms with van der Waals surface area (Å²) in [5, 5.41) is 8.94. The van der Waals surface area contributed by atoms with E-state index in [1.165, 1.54) is 17.4 Å². The molecule has 2 rings (SSSR count). The van der Waals surface area contributed by atoms with Crippen molar-refractivity contribution in [2.75, 3.05) is 18.0 Å². The highest BCUT2D eigenvalue weighted by Crippen LogP contribution is 2.24. The minimum Gasteiger partial charge on any atom is -0.486 e. The van der Waals surface area contributed by atoms with Crippen molar-refractivity contribution >= 4 is 41.2 Å². The van der Waals surface area contributed by atoms with Gasteiger partial charge in [0.25, 0.3) is 5.70 Å². The van der Waals surface area contributed by atoms with Gasteiger partial charge >= 0.3 is 5.97 Å². The van der Waals surface area contributed by atoms with E-state index in [-0.39, 0.29) is 11.5 Å². The highest BCUT2D eigenvalue weighted by molar-refractivity contribution is 7.13. The van der Waals surface area contributed by atoms with E-state index in [0.717, 1.165) is 49.3 Å². The largest absolute Gasteiger partial charge is 0.486 e. The molecule has 0 bridgehead atoms. The zero-order valence-corrected chi connectivity index (χ0v) is 18.2. The number of carboxylic acid groups (broad SMARTS) is 1. The Morgan fingerprint density at radius 3 is 2.37 bits per heavy atom. The molecule has 4 nitrogen and oxygen atoms in total. The number of hydrogen-bond donors (Lipinski definition) is 1. The molecular formula is C24H27FN2O2S. The third-order valence-corrected chi connectivity index (χ3v) is 5.60. The van der Waals surface area contributed by atoms with E-state index >= 15 is 0 Å². The third-order valence-electron chi connectivity index (χ3n) is 4.61. The van der Waals surface area contributed by atoms with Crippen molar-refractivity contribution in [3.8, 4) is 0 Å². The van der Waals surface area contributed by atoms with Gasteiger partial charge in [0.05, 0.1) is 6.57 Å². The Bertz CT molecular complexity index is 948. The quantitative estimate of drug-likeness (QED) is 0.317. The number of carboxylic acids is 1. The summed E-state index contributed by atoms with van der Waals surface area (Å²) >= 11 is 1.34. The van der Waals surface area contributed by atoms with E-state index in [1.807, 2.05) is 12.1 Å². The second-order valence-electron chi connectivity index (χ2n) is 6.92. The highest BCUT2D eigenvalue weighted by Gasteiger charge is 2.09. The number of anilines is 1. The lowest BCUT2D eigenvalue weighted by atomic mass is 10.1. The van der Waals surface area contributed by atoms with Crippen LogP contribution in [-0.4, -0.2) is 24.2 Å². The summed E-state index contributed by atoms with van der Waals surface area (Å²) in [6, 6.07) is 8.92. The standard InChI is InChI=1S/C24H27FN2O2S/c1-4-6-14-27(15-7-5-2)19-10-8-18(22(25)16-19)9-11-20-12-13-21(30-20)17-23(26-3)24(28)29/h8-13,16-17H,4-7,14-15H2,1-2H3,(H,28,29)/b11-9+,23-17-. The van der Waals surface area contributed by atoms with Crippen molar-refractivity contribution < 1.29 is 14.3 Å². The predicted molar refractivity (Wildman–Crippen MR) is 124 cm³/mol. The summed E-state index contributed by atoms with van der Waals surface area (Å²) in [4.78, 5) is 17.7. The molecule has 1 aromatic heterocycles. The fourth-order valence-electron chi connectivity index (χ4n) is 2.90. The van der Waals surface area contributed by atoms with Crippen LogP contribution < -0.4 is 4.90 Å². The first kappa shape index (κ1) is 23.4. The molecule has 2 aromatic rings. The Kier molecular flexibility index (Phi) is 9.30. The second kappa shape index (κ2) is 11.9.